The molecule has 1 aliphatic heterocycles. The Kier molecular flexibility index (Phi) is 3.93. The molecular weight excluding hydrogens is 264 g/mol. The molecular formula is C12H12N4O4. The van der Waals surface area contributed by atoms with Crippen molar-refractivity contribution >= 4 is 17.3 Å². The fraction of sp³-hybridized carbons (Fsp3) is 0.333. The molecule has 3 N–H and O–H groups in total. The van der Waals surface area contributed by atoms with Crippen LogP contribution in [0, 0.1) is 27.4 Å². The molecule has 8 heteroatoms. The van der Waals surface area contributed by atoms with Crippen molar-refractivity contribution in [2.24, 2.45) is 11.7 Å². The second kappa shape index (κ2) is 5.64. The van der Waals surface area contributed by atoms with Crippen LogP contribution in [-0.4, -0.2) is 30.1 Å². The highest BCUT2D eigenvalue weighted by atomic mass is 16.6. The van der Waals surface area contributed by atoms with Gasteiger partial charge in [-0.25, -0.2) is 0 Å². The van der Waals surface area contributed by atoms with Crippen LogP contribution in [0.5, 0.6) is 0 Å². The monoisotopic (exact) mass is 276 g/mol. The number of anilines is 1. The van der Waals surface area contributed by atoms with Crippen molar-refractivity contribution in [1.82, 2.24) is 0 Å². The summed E-state index contributed by atoms with van der Waals surface area (Å²) in [5, 5.41) is 22.2. The van der Waals surface area contributed by atoms with E-state index < -0.39 is 16.9 Å². The summed E-state index contributed by atoms with van der Waals surface area (Å²) < 4.78 is 5.10. The minimum Gasteiger partial charge on any atom is -0.379 e. The Morgan fingerprint density at radius 3 is 2.85 bits per heavy atom. The van der Waals surface area contributed by atoms with E-state index in [0.717, 1.165) is 6.07 Å². The summed E-state index contributed by atoms with van der Waals surface area (Å²) in [6.45, 7) is 0.533. The number of nitrogens with zero attached hydrogens (tertiary/aromatic N) is 2. The number of non-ortho nitro benzene ring substituents is 1. The third-order valence-electron chi connectivity index (χ3n) is 3.05. The maximum atomic E-state index is 12.0. The van der Waals surface area contributed by atoms with Crippen LogP contribution >= 0.6 is 0 Å². The number of hydrogen-bond donors (Lipinski definition) is 2. The van der Waals surface area contributed by atoms with Crippen LogP contribution in [0.3, 0.4) is 0 Å². The lowest BCUT2D eigenvalue weighted by molar-refractivity contribution is -0.384. The minimum absolute atomic E-state index is 0.0278. The zero-order valence-corrected chi connectivity index (χ0v) is 10.4. The maximum Gasteiger partial charge on any atom is 0.270 e. The Morgan fingerprint density at radius 1 is 1.55 bits per heavy atom. The molecule has 8 nitrogen and oxygen atoms in total. The van der Waals surface area contributed by atoms with Gasteiger partial charge < -0.3 is 15.8 Å². The number of nitro groups is 1. The third kappa shape index (κ3) is 2.74. The molecule has 0 aromatic heterocycles. The van der Waals surface area contributed by atoms with E-state index in [0.29, 0.717) is 6.61 Å². The van der Waals surface area contributed by atoms with Gasteiger partial charge in [-0.1, -0.05) is 0 Å². The van der Waals surface area contributed by atoms with Crippen LogP contribution in [0.2, 0.25) is 0 Å². The van der Waals surface area contributed by atoms with Crippen molar-refractivity contribution in [3.63, 3.8) is 0 Å². The van der Waals surface area contributed by atoms with E-state index in [4.69, 9.17) is 15.7 Å². The normalized spacial score (nSPS) is 21.2. The number of carbonyl (C=O) groups is 1. The molecule has 1 saturated heterocycles. The Morgan fingerprint density at radius 2 is 2.30 bits per heavy atom. The summed E-state index contributed by atoms with van der Waals surface area (Å²) in [4.78, 5) is 22.0. The van der Waals surface area contributed by atoms with E-state index in [2.05, 4.69) is 5.32 Å². The molecule has 0 radical (unpaired) electrons. The fourth-order valence-electron chi connectivity index (χ4n) is 1.91. The molecule has 2 rings (SSSR count). The second-order valence-electron chi connectivity index (χ2n) is 4.40. The lowest BCUT2D eigenvalue weighted by Crippen LogP contribution is -2.37. The first-order valence-electron chi connectivity index (χ1n) is 5.85. The Bertz CT molecular complexity index is 596. The van der Waals surface area contributed by atoms with Gasteiger partial charge in [0, 0.05) is 18.2 Å². The maximum absolute atomic E-state index is 12.0. The number of hydrogen-bond acceptors (Lipinski definition) is 6. The quantitative estimate of drug-likeness (QED) is 0.606. The number of nitrogens with two attached hydrogens (primary N) is 1. The van der Waals surface area contributed by atoms with Crippen LogP contribution in [0.15, 0.2) is 18.2 Å². The average Bonchev–Trinajstić information content (AvgIpc) is 2.85. The predicted molar refractivity (Wildman–Crippen MR) is 68.7 cm³/mol. The Labute approximate surface area is 114 Å². The zero-order valence-electron chi connectivity index (χ0n) is 10.4. The number of nitro benzene ring substituents is 1. The molecule has 0 saturated carbocycles. The van der Waals surface area contributed by atoms with E-state index in [1.165, 1.54) is 12.1 Å². The van der Waals surface area contributed by atoms with Crippen LogP contribution in [0.25, 0.3) is 0 Å². The van der Waals surface area contributed by atoms with Gasteiger partial charge in [0.1, 0.15) is 6.07 Å². The van der Waals surface area contributed by atoms with E-state index in [9.17, 15) is 14.9 Å². The molecule has 1 aromatic rings. The molecule has 0 aliphatic carbocycles. The van der Waals surface area contributed by atoms with Gasteiger partial charge >= 0.3 is 0 Å². The number of benzene rings is 1. The van der Waals surface area contributed by atoms with Crippen LogP contribution in [-0.2, 0) is 9.53 Å². The van der Waals surface area contributed by atoms with Gasteiger partial charge in [0.15, 0.2) is 0 Å². The summed E-state index contributed by atoms with van der Waals surface area (Å²) in [5.41, 5.74) is 5.77. The molecule has 2 atom stereocenters. The van der Waals surface area contributed by atoms with Gasteiger partial charge in [0.2, 0.25) is 5.91 Å². The lowest BCUT2D eigenvalue weighted by Gasteiger charge is -2.13. The Balaban J connectivity index is 2.19. The van der Waals surface area contributed by atoms with E-state index in [1.54, 1.807) is 0 Å². The van der Waals surface area contributed by atoms with E-state index in [-0.39, 0.29) is 29.5 Å². The highest BCUT2D eigenvalue weighted by Gasteiger charge is 2.31. The number of carbonyl (C=O) groups excluding carboxylic acids is 1. The van der Waals surface area contributed by atoms with Crippen molar-refractivity contribution < 1.29 is 14.5 Å². The van der Waals surface area contributed by atoms with Crippen molar-refractivity contribution in [2.45, 2.75) is 6.04 Å². The Hall–Kier alpha value is -2.50. The average molecular weight is 276 g/mol. The van der Waals surface area contributed by atoms with Gasteiger partial charge in [0.25, 0.3) is 5.69 Å². The topological polar surface area (TPSA) is 131 Å². The smallest absolute Gasteiger partial charge is 0.270 e. The molecule has 0 spiro atoms. The van der Waals surface area contributed by atoms with Gasteiger partial charge in [0.05, 0.1) is 35.3 Å². The standard InChI is InChI=1S/C12H12N4O4/c13-4-7-3-8(16(18)19)1-2-11(7)15-12(17)9-5-20-6-10(9)14/h1-3,9-10H,5-6,14H2,(H,15,17). The molecule has 1 amide bonds. The summed E-state index contributed by atoms with van der Waals surface area (Å²) in [5.74, 6) is -0.850. The van der Waals surface area contributed by atoms with E-state index >= 15 is 0 Å². The van der Waals surface area contributed by atoms with Crippen molar-refractivity contribution in [3.8, 4) is 6.07 Å². The van der Waals surface area contributed by atoms with E-state index in [1.807, 2.05) is 6.07 Å². The molecule has 1 fully saturated rings. The summed E-state index contributed by atoms with van der Waals surface area (Å²) in [6.07, 6.45) is 0. The van der Waals surface area contributed by atoms with Crippen LogP contribution in [0.1, 0.15) is 5.56 Å². The van der Waals surface area contributed by atoms with Crippen LogP contribution in [0.4, 0.5) is 11.4 Å². The minimum atomic E-state index is -0.604. The molecule has 104 valence electrons. The first kappa shape index (κ1) is 13.9. The highest BCUT2D eigenvalue weighted by molar-refractivity contribution is 5.94. The fourth-order valence-corrected chi connectivity index (χ4v) is 1.91. The largest absolute Gasteiger partial charge is 0.379 e. The molecule has 1 aromatic carbocycles. The lowest BCUT2D eigenvalue weighted by atomic mass is 10.0. The van der Waals surface area contributed by atoms with Crippen molar-refractivity contribution in [3.05, 3.63) is 33.9 Å². The second-order valence-corrected chi connectivity index (χ2v) is 4.40. The number of rotatable bonds is 3. The molecule has 2 unspecified atom stereocenters. The van der Waals surface area contributed by atoms with Gasteiger partial charge in [-0.2, -0.15) is 5.26 Å². The summed E-state index contributed by atoms with van der Waals surface area (Å²) in [7, 11) is 0. The summed E-state index contributed by atoms with van der Waals surface area (Å²) >= 11 is 0. The SMILES string of the molecule is N#Cc1cc([N+](=O)[O-])ccc1NC(=O)C1COCC1N. The van der Waals surface area contributed by atoms with Crippen LogP contribution < -0.4 is 11.1 Å². The predicted octanol–water partition coefficient (Wildman–Crippen LogP) is 0.379. The zero-order chi connectivity index (χ0) is 14.7. The number of nitriles is 1. The molecule has 0 bridgehead atoms. The van der Waals surface area contributed by atoms with Gasteiger partial charge in [-0.05, 0) is 6.07 Å². The number of ether oxygens (including phenoxy) is 1. The van der Waals surface area contributed by atoms with Crippen molar-refractivity contribution in [1.29, 1.82) is 5.26 Å². The first-order chi connectivity index (χ1) is 9.52. The molecule has 1 aliphatic rings. The van der Waals surface area contributed by atoms with Gasteiger partial charge in [-0.3, -0.25) is 14.9 Å². The molecule has 1 heterocycles. The van der Waals surface area contributed by atoms with Crippen molar-refractivity contribution in [2.75, 3.05) is 18.5 Å². The third-order valence-corrected chi connectivity index (χ3v) is 3.05. The molecule has 20 heavy (non-hydrogen) atoms. The first-order valence-corrected chi connectivity index (χ1v) is 5.85. The number of amides is 1. The summed E-state index contributed by atoms with van der Waals surface area (Å²) in [6, 6.07) is 5.09. The van der Waals surface area contributed by atoms with Gasteiger partial charge in [-0.15, -0.1) is 0 Å². The highest BCUT2D eigenvalue weighted by Crippen LogP contribution is 2.23. The number of nitrogens with one attached hydrogen (secondary N) is 1.